The van der Waals surface area contributed by atoms with Crippen LogP contribution in [0.1, 0.15) is 6.92 Å². The van der Waals surface area contributed by atoms with Gasteiger partial charge in [-0.25, -0.2) is 18.1 Å². The minimum Gasteiger partial charge on any atom is -0.340 e. The lowest BCUT2D eigenvalue weighted by Gasteiger charge is -2.09. The number of aromatic nitrogens is 2. The predicted octanol–water partition coefficient (Wildman–Crippen LogP) is 2.91. The molecule has 0 saturated carbocycles. The van der Waals surface area contributed by atoms with Crippen LogP contribution in [-0.4, -0.2) is 24.3 Å². The first-order valence-electron chi connectivity index (χ1n) is 6.66. The zero-order valence-corrected chi connectivity index (χ0v) is 14.7. The Kier molecular flexibility index (Phi) is 4.39. The van der Waals surface area contributed by atoms with Gasteiger partial charge in [0.15, 0.2) is 0 Å². The summed E-state index contributed by atoms with van der Waals surface area (Å²) in [5.41, 5.74) is 0.624. The van der Waals surface area contributed by atoms with Crippen LogP contribution in [0.4, 0.5) is 11.5 Å². The smallest absolute Gasteiger partial charge is 0.264 e. The SMILES string of the molecule is CC(=O)NS(=O)(=O)c1ccc(Nc2nc(Cl)nc3sccc23)cc1. The molecule has 0 bridgehead atoms. The van der Waals surface area contributed by atoms with Gasteiger partial charge in [-0.15, -0.1) is 11.3 Å². The number of thiophene rings is 1. The second-order valence-electron chi connectivity index (χ2n) is 4.79. The lowest BCUT2D eigenvalue weighted by molar-refractivity contribution is -0.117. The summed E-state index contributed by atoms with van der Waals surface area (Å²) in [4.78, 5) is 20.0. The third kappa shape index (κ3) is 3.48. The maximum absolute atomic E-state index is 11.9. The van der Waals surface area contributed by atoms with Crippen molar-refractivity contribution in [2.45, 2.75) is 11.8 Å². The van der Waals surface area contributed by atoms with E-state index in [-0.39, 0.29) is 10.2 Å². The molecule has 0 saturated heterocycles. The summed E-state index contributed by atoms with van der Waals surface area (Å²) in [6.45, 7) is 1.14. The maximum atomic E-state index is 11.9. The zero-order valence-electron chi connectivity index (χ0n) is 12.3. The Morgan fingerprint density at radius 2 is 1.88 bits per heavy atom. The van der Waals surface area contributed by atoms with Gasteiger partial charge < -0.3 is 5.32 Å². The second-order valence-corrected chi connectivity index (χ2v) is 7.71. The maximum Gasteiger partial charge on any atom is 0.264 e. The van der Waals surface area contributed by atoms with E-state index in [9.17, 15) is 13.2 Å². The van der Waals surface area contributed by atoms with E-state index in [1.54, 1.807) is 12.1 Å². The highest BCUT2D eigenvalue weighted by Crippen LogP contribution is 2.28. The Balaban J connectivity index is 1.89. The number of fused-ring (bicyclic) bond motifs is 1. The van der Waals surface area contributed by atoms with Gasteiger partial charge in [-0.3, -0.25) is 4.79 Å². The molecule has 0 aliphatic heterocycles. The fourth-order valence-electron chi connectivity index (χ4n) is 2.03. The van der Waals surface area contributed by atoms with Crippen molar-refractivity contribution in [1.29, 1.82) is 0 Å². The first kappa shape index (κ1) is 16.6. The van der Waals surface area contributed by atoms with E-state index in [4.69, 9.17) is 11.6 Å². The number of nitrogens with zero attached hydrogens (tertiary/aromatic N) is 2. The Labute approximate surface area is 146 Å². The van der Waals surface area contributed by atoms with Gasteiger partial charge in [0.1, 0.15) is 10.6 Å². The molecule has 3 rings (SSSR count). The third-order valence-corrected chi connectivity index (χ3v) is 5.43. The molecule has 2 heterocycles. The molecule has 0 atom stereocenters. The number of halogens is 1. The number of benzene rings is 1. The van der Waals surface area contributed by atoms with Crippen LogP contribution in [0.25, 0.3) is 10.2 Å². The number of carbonyl (C=O) groups excluding carboxylic acids is 1. The topological polar surface area (TPSA) is 101 Å². The van der Waals surface area contributed by atoms with E-state index in [0.717, 1.165) is 17.1 Å². The Morgan fingerprint density at radius 1 is 1.17 bits per heavy atom. The number of amides is 1. The molecular weight excluding hydrogens is 372 g/mol. The van der Waals surface area contributed by atoms with Crippen molar-refractivity contribution >= 4 is 60.6 Å². The molecule has 1 aromatic carbocycles. The van der Waals surface area contributed by atoms with Crippen LogP contribution in [0, 0.1) is 0 Å². The van der Waals surface area contributed by atoms with Crippen LogP contribution in [0.3, 0.4) is 0 Å². The third-order valence-electron chi connectivity index (χ3n) is 3.00. The summed E-state index contributed by atoms with van der Waals surface area (Å²) in [5, 5.41) is 5.90. The van der Waals surface area contributed by atoms with E-state index < -0.39 is 15.9 Å². The van der Waals surface area contributed by atoms with Crippen LogP contribution in [0.2, 0.25) is 5.28 Å². The minimum atomic E-state index is -3.85. The summed E-state index contributed by atoms with van der Waals surface area (Å²) in [7, 11) is -3.85. The highest BCUT2D eigenvalue weighted by Gasteiger charge is 2.15. The largest absolute Gasteiger partial charge is 0.340 e. The zero-order chi connectivity index (χ0) is 17.3. The molecule has 0 aliphatic rings. The first-order valence-corrected chi connectivity index (χ1v) is 9.40. The van der Waals surface area contributed by atoms with E-state index in [1.165, 1.54) is 23.5 Å². The van der Waals surface area contributed by atoms with Crippen LogP contribution in [0.15, 0.2) is 40.6 Å². The number of hydrogen-bond acceptors (Lipinski definition) is 7. The number of sulfonamides is 1. The van der Waals surface area contributed by atoms with Crippen LogP contribution >= 0.6 is 22.9 Å². The minimum absolute atomic E-state index is 0.00958. The molecule has 24 heavy (non-hydrogen) atoms. The molecule has 1 amide bonds. The molecule has 0 radical (unpaired) electrons. The molecule has 7 nitrogen and oxygen atoms in total. The van der Waals surface area contributed by atoms with E-state index in [1.807, 2.05) is 16.2 Å². The molecule has 3 aromatic rings. The molecule has 0 fully saturated rings. The molecular formula is C14H11ClN4O3S2. The van der Waals surface area contributed by atoms with Gasteiger partial charge in [0.25, 0.3) is 10.0 Å². The summed E-state index contributed by atoms with van der Waals surface area (Å²) < 4.78 is 25.7. The highest BCUT2D eigenvalue weighted by molar-refractivity contribution is 7.90. The van der Waals surface area contributed by atoms with Crippen LogP contribution in [0.5, 0.6) is 0 Å². The summed E-state index contributed by atoms with van der Waals surface area (Å²) in [5.74, 6) is -0.114. The number of carbonyl (C=O) groups is 1. The second kappa shape index (κ2) is 6.34. The van der Waals surface area contributed by atoms with Crippen molar-refractivity contribution in [2.24, 2.45) is 0 Å². The molecule has 124 valence electrons. The van der Waals surface area contributed by atoms with E-state index in [2.05, 4.69) is 15.3 Å². The lowest BCUT2D eigenvalue weighted by Crippen LogP contribution is -2.28. The first-order chi connectivity index (χ1) is 11.3. The fraction of sp³-hybridized carbons (Fsp3) is 0.0714. The van der Waals surface area contributed by atoms with Crippen molar-refractivity contribution in [3.05, 3.63) is 41.0 Å². The average Bonchev–Trinajstić information content (AvgIpc) is 2.94. The fourth-order valence-corrected chi connectivity index (χ4v) is 4.00. The van der Waals surface area contributed by atoms with E-state index >= 15 is 0 Å². The average molecular weight is 383 g/mol. The quantitative estimate of drug-likeness (QED) is 0.673. The molecule has 0 spiro atoms. The molecule has 2 aromatic heterocycles. The Morgan fingerprint density at radius 3 is 2.54 bits per heavy atom. The van der Waals surface area contributed by atoms with Gasteiger partial charge in [0.2, 0.25) is 11.2 Å². The van der Waals surface area contributed by atoms with Crippen molar-refractivity contribution in [1.82, 2.24) is 14.7 Å². The van der Waals surface area contributed by atoms with Crippen molar-refractivity contribution in [3.63, 3.8) is 0 Å². The summed E-state index contributed by atoms with van der Waals surface area (Å²) >= 11 is 7.35. The highest BCUT2D eigenvalue weighted by atomic mass is 35.5. The monoisotopic (exact) mass is 382 g/mol. The van der Waals surface area contributed by atoms with Crippen molar-refractivity contribution < 1.29 is 13.2 Å². The Hall–Kier alpha value is -2.23. The van der Waals surface area contributed by atoms with Gasteiger partial charge in [0, 0.05) is 12.6 Å². The molecule has 2 N–H and O–H groups in total. The van der Waals surface area contributed by atoms with Crippen LogP contribution < -0.4 is 10.0 Å². The lowest BCUT2D eigenvalue weighted by atomic mass is 10.3. The van der Waals surface area contributed by atoms with Crippen molar-refractivity contribution in [2.75, 3.05) is 5.32 Å². The van der Waals surface area contributed by atoms with Gasteiger partial charge in [-0.05, 0) is 47.3 Å². The van der Waals surface area contributed by atoms with Crippen molar-refractivity contribution in [3.8, 4) is 0 Å². The van der Waals surface area contributed by atoms with Gasteiger partial charge in [-0.1, -0.05) is 0 Å². The Bertz CT molecular complexity index is 1020. The molecule has 10 heteroatoms. The predicted molar refractivity (Wildman–Crippen MR) is 93.2 cm³/mol. The number of nitrogens with one attached hydrogen (secondary N) is 2. The van der Waals surface area contributed by atoms with E-state index in [0.29, 0.717) is 11.5 Å². The standard InChI is InChI=1S/C14H11ClN4O3S2/c1-8(20)19-24(21,22)10-4-2-9(3-5-10)16-12-11-6-7-23-13(11)18-14(15)17-12/h2-7H,1H3,(H,19,20)(H,16,17,18). The van der Waals surface area contributed by atoms with Gasteiger partial charge >= 0.3 is 0 Å². The normalized spacial score (nSPS) is 11.4. The molecule has 0 unspecified atom stereocenters. The van der Waals surface area contributed by atoms with Gasteiger partial charge in [-0.2, -0.15) is 4.98 Å². The number of rotatable bonds is 4. The summed E-state index contributed by atoms with van der Waals surface area (Å²) in [6, 6.07) is 7.79. The van der Waals surface area contributed by atoms with Crippen LogP contribution in [-0.2, 0) is 14.8 Å². The van der Waals surface area contributed by atoms with Gasteiger partial charge in [0.05, 0.1) is 10.3 Å². The molecule has 0 aliphatic carbocycles. The summed E-state index contributed by atoms with van der Waals surface area (Å²) in [6.07, 6.45) is 0. The number of anilines is 2. The number of hydrogen-bond donors (Lipinski definition) is 2.